The fourth-order valence-corrected chi connectivity index (χ4v) is 2.41. The molecule has 0 bridgehead atoms. The maximum atomic E-state index is 11.2. The van der Waals surface area contributed by atoms with Gasteiger partial charge in [0.2, 0.25) is 0 Å². The van der Waals surface area contributed by atoms with Gasteiger partial charge in [-0.25, -0.2) is 0 Å². The summed E-state index contributed by atoms with van der Waals surface area (Å²) in [4.78, 5) is 26.2. The number of ketones is 1. The number of hydrogen-bond donors (Lipinski definition) is 1. The predicted octanol–water partition coefficient (Wildman–Crippen LogP) is 1.53. The quantitative estimate of drug-likeness (QED) is 0.884. The summed E-state index contributed by atoms with van der Waals surface area (Å²) in [6.07, 6.45) is 1.61. The van der Waals surface area contributed by atoms with E-state index in [0.29, 0.717) is 10.2 Å². The Morgan fingerprint density at radius 1 is 1.53 bits per heavy atom. The minimum Gasteiger partial charge on any atom is -0.481 e. The van der Waals surface area contributed by atoms with E-state index in [4.69, 9.17) is 5.11 Å². The molecule has 1 N–H and O–H groups in total. The van der Waals surface area contributed by atoms with Crippen LogP contribution in [0.2, 0.25) is 0 Å². The average Bonchev–Trinajstić information content (AvgIpc) is 2.13. The van der Waals surface area contributed by atoms with Crippen molar-refractivity contribution in [3.63, 3.8) is 0 Å². The summed E-state index contributed by atoms with van der Waals surface area (Å²) in [5.74, 6) is -1.02. The number of carboxylic acids is 1. The first-order valence-electron chi connectivity index (χ1n) is 4.42. The van der Waals surface area contributed by atoms with Gasteiger partial charge in [0.15, 0.2) is 0 Å². The number of halogens is 1. The molecule has 0 atom stereocenters. The molecule has 78 valence electrons. The predicted molar refractivity (Wildman–Crippen MR) is 55.5 cm³/mol. The van der Waals surface area contributed by atoms with Crippen LogP contribution in [0.1, 0.15) is 18.5 Å². The van der Waals surface area contributed by atoms with Gasteiger partial charge >= 0.3 is 5.97 Å². The Hall–Kier alpha value is -1.23. The molecule has 0 saturated heterocycles. The Morgan fingerprint density at radius 2 is 2.20 bits per heavy atom. The molecule has 1 aromatic rings. The van der Waals surface area contributed by atoms with E-state index in [2.05, 4.69) is 20.9 Å². The van der Waals surface area contributed by atoms with Gasteiger partial charge in [-0.15, -0.1) is 0 Å². The molecule has 2 rings (SSSR count). The van der Waals surface area contributed by atoms with E-state index in [9.17, 15) is 9.59 Å². The van der Waals surface area contributed by atoms with E-state index in [-0.39, 0.29) is 18.6 Å². The number of nitrogens with zero attached hydrogens (tertiary/aromatic N) is 1. The number of carbonyl (C=O) groups is 2. The van der Waals surface area contributed by atoms with Gasteiger partial charge in [-0.3, -0.25) is 14.6 Å². The van der Waals surface area contributed by atoms with Crippen molar-refractivity contribution in [2.75, 3.05) is 0 Å². The summed E-state index contributed by atoms with van der Waals surface area (Å²) in [6.45, 7) is 0. The van der Waals surface area contributed by atoms with E-state index < -0.39 is 11.4 Å². The van der Waals surface area contributed by atoms with Crippen molar-refractivity contribution in [2.45, 2.75) is 18.3 Å². The molecule has 1 aromatic heterocycles. The molecule has 4 nitrogen and oxygen atoms in total. The molecule has 0 aromatic carbocycles. The van der Waals surface area contributed by atoms with Crippen LogP contribution in [0, 0.1) is 0 Å². The topological polar surface area (TPSA) is 67.3 Å². The molecule has 1 fully saturated rings. The van der Waals surface area contributed by atoms with E-state index in [1.54, 1.807) is 12.1 Å². The first-order chi connectivity index (χ1) is 7.06. The van der Waals surface area contributed by atoms with Crippen LogP contribution in [0.25, 0.3) is 0 Å². The van der Waals surface area contributed by atoms with Crippen LogP contribution in [0.15, 0.2) is 22.8 Å². The lowest BCUT2D eigenvalue weighted by Crippen LogP contribution is -2.49. The number of carboxylic acid groups (broad SMARTS) is 1. The molecule has 15 heavy (non-hydrogen) atoms. The van der Waals surface area contributed by atoms with E-state index >= 15 is 0 Å². The van der Waals surface area contributed by atoms with Gasteiger partial charge in [-0.1, -0.05) is 0 Å². The van der Waals surface area contributed by atoms with Crippen LogP contribution in [-0.2, 0) is 15.0 Å². The van der Waals surface area contributed by atoms with Crippen LogP contribution < -0.4 is 0 Å². The maximum Gasteiger partial charge on any atom is 0.316 e. The summed E-state index contributed by atoms with van der Waals surface area (Å²) >= 11 is 3.26. The molecule has 1 aliphatic carbocycles. The summed E-state index contributed by atoms with van der Waals surface area (Å²) in [7, 11) is 0. The summed E-state index contributed by atoms with van der Waals surface area (Å²) in [5.41, 5.74) is -0.672. The lowest BCUT2D eigenvalue weighted by Gasteiger charge is -2.35. The second-order valence-corrected chi connectivity index (χ2v) is 4.47. The average molecular weight is 270 g/mol. The second kappa shape index (κ2) is 3.41. The Morgan fingerprint density at radius 3 is 2.67 bits per heavy atom. The highest BCUT2D eigenvalue weighted by Gasteiger charge is 2.53. The zero-order chi connectivity index (χ0) is 11.1. The first kappa shape index (κ1) is 10.3. The van der Waals surface area contributed by atoms with Crippen LogP contribution in [-0.4, -0.2) is 21.8 Å². The third-order valence-electron chi connectivity index (χ3n) is 2.62. The van der Waals surface area contributed by atoms with Crippen LogP contribution in [0.3, 0.4) is 0 Å². The Kier molecular flexibility index (Phi) is 2.34. The summed E-state index contributed by atoms with van der Waals surface area (Å²) in [6, 6.07) is 3.44. The number of aromatic nitrogens is 1. The normalized spacial score (nSPS) is 18.3. The van der Waals surface area contributed by atoms with Gasteiger partial charge in [0, 0.05) is 23.5 Å². The molecule has 0 unspecified atom stereocenters. The Bertz CT molecular complexity index is 436. The van der Waals surface area contributed by atoms with Crippen molar-refractivity contribution < 1.29 is 14.7 Å². The third kappa shape index (κ3) is 1.47. The monoisotopic (exact) mass is 269 g/mol. The third-order valence-corrected chi connectivity index (χ3v) is 3.26. The van der Waals surface area contributed by atoms with Gasteiger partial charge in [0.05, 0.1) is 5.69 Å². The molecule has 1 saturated carbocycles. The van der Waals surface area contributed by atoms with E-state index in [0.717, 1.165) is 0 Å². The smallest absolute Gasteiger partial charge is 0.316 e. The maximum absolute atomic E-state index is 11.2. The fourth-order valence-electron chi connectivity index (χ4n) is 1.78. The highest BCUT2D eigenvalue weighted by Crippen LogP contribution is 2.43. The SMILES string of the molecule is O=C1CC(C(=O)O)(c2ncccc2Br)C1. The molecule has 1 heterocycles. The Balaban J connectivity index is 2.48. The lowest BCUT2D eigenvalue weighted by atomic mass is 9.65. The molecule has 0 amide bonds. The summed E-state index contributed by atoms with van der Waals surface area (Å²) < 4.78 is 0.639. The number of rotatable bonds is 2. The van der Waals surface area contributed by atoms with E-state index in [1.165, 1.54) is 6.20 Å². The van der Waals surface area contributed by atoms with Crippen molar-refractivity contribution in [3.05, 3.63) is 28.5 Å². The van der Waals surface area contributed by atoms with Gasteiger partial charge in [0.25, 0.3) is 0 Å². The largest absolute Gasteiger partial charge is 0.481 e. The van der Waals surface area contributed by atoms with Crippen LogP contribution >= 0.6 is 15.9 Å². The highest BCUT2D eigenvalue weighted by molar-refractivity contribution is 9.10. The number of pyridine rings is 1. The highest BCUT2D eigenvalue weighted by atomic mass is 79.9. The molecular formula is C10H8BrNO3. The first-order valence-corrected chi connectivity index (χ1v) is 5.22. The number of aliphatic carboxylic acids is 1. The summed E-state index contributed by atoms with van der Waals surface area (Å²) in [5, 5.41) is 9.17. The van der Waals surface area contributed by atoms with Gasteiger partial charge < -0.3 is 5.11 Å². The standard InChI is InChI=1S/C10H8BrNO3/c11-7-2-1-3-12-8(7)10(9(14)15)4-6(13)5-10/h1-3H,4-5H2,(H,14,15). The van der Waals surface area contributed by atoms with Crippen molar-refractivity contribution in [2.24, 2.45) is 0 Å². The van der Waals surface area contributed by atoms with Crippen LogP contribution in [0.5, 0.6) is 0 Å². The minimum atomic E-state index is -1.11. The lowest BCUT2D eigenvalue weighted by molar-refractivity contribution is -0.153. The number of Topliss-reactive ketones (excluding diaryl/α,β-unsaturated/α-hetero) is 1. The fraction of sp³-hybridized carbons (Fsp3) is 0.300. The number of hydrogen-bond acceptors (Lipinski definition) is 3. The molecule has 0 spiro atoms. The van der Waals surface area contributed by atoms with Gasteiger partial charge in [-0.2, -0.15) is 0 Å². The molecule has 1 aliphatic rings. The molecule has 0 aliphatic heterocycles. The van der Waals surface area contributed by atoms with Crippen molar-refractivity contribution in [3.8, 4) is 0 Å². The zero-order valence-electron chi connectivity index (χ0n) is 7.74. The number of carbonyl (C=O) groups excluding carboxylic acids is 1. The van der Waals surface area contributed by atoms with Crippen molar-refractivity contribution in [1.82, 2.24) is 4.98 Å². The van der Waals surface area contributed by atoms with Crippen LogP contribution in [0.4, 0.5) is 0 Å². The minimum absolute atomic E-state index is 0.0325. The van der Waals surface area contributed by atoms with E-state index in [1.807, 2.05) is 0 Å². The zero-order valence-corrected chi connectivity index (χ0v) is 9.32. The second-order valence-electron chi connectivity index (χ2n) is 3.61. The van der Waals surface area contributed by atoms with Gasteiger partial charge in [-0.05, 0) is 28.1 Å². The van der Waals surface area contributed by atoms with Crippen molar-refractivity contribution >= 4 is 27.7 Å². The molecule has 5 heteroatoms. The molecule has 0 radical (unpaired) electrons. The Labute approximate surface area is 94.5 Å². The molecular weight excluding hydrogens is 262 g/mol. The van der Waals surface area contributed by atoms with Gasteiger partial charge in [0.1, 0.15) is 11.2 Å². The van der Waals surface area contributed by atoms with Crippen molar-refractivity contribution in [1.29, 1.82) is 0 Å².